The fourth-order valence-corrected chi connectivity index (χ4v) is 4.56. The summed E-state index contributed by atoms with van der Waals surface area (Å²) in [6.07, 6.45) is 0. The third-order valence-corrected chi connectivity index (χ3v) is 6.44. The van der Waals surface area contributed by atoms with Crippen LogP contribution in [0.1, 0.15) is 12.5 Å². The topological polar surface area (TPSA) is 82.5 Å². The molecule has 1 N–H and O–H groups in total. The number of hydrogen-bond donors (Lipinski definition) is 1. The zero-order chi connectivity index (χ0) is 23.7. The Morgan fingerprint density at radius 1 is 1.12 bits per heavy atom. The second-order valence-electron chi connectivity index (χ2n) is 7.69. The molecule has 172 valence electrons. The number of ether oxygens (including phenoxy) is 2. The van der Waals surface area contributed by atoms with E-state index in [2.05, 4.69) is 10.3 Å². The first-order chi connectivity index (χ1) is 16.5. The van der Waals surface area contributed by atoms with Gasteiger partial charge in [0.15, 0.2) is 16.7 Å². The molecule has 34 heavy (non-hydrogen) atoms. The number of amides is 1. The molecule has 0 saturated carbocycles. The molecule has 1 aromatic heterocycles. The molecule has 1 aliphatic rings. The Morgan fingerprint density at radius 2 is 1.88 bits per heavy atom. The van der Waals surface area contributed by atoms with Gasteiger partial charge in [0.2, 0.25) is 12.7 Å². The zero-order valence-electron chi connectivity index (χ0n) is 18.2. The van der Waals surface area contributed by atoms with Crippen molar-refractivity contribution in [1.29, 1.82) is 0 Å². The maximum Gasteiger partial charge on any atom is 0.266 e. The van der Waals surface area contributed by atoms with Gasteiger partial charge < -0.3 is 14.8 Å². The van der Waals surface area contributed by atoms with Gasteiger partial charge in [0.05, 0.1) is 21.8 Å². The third kappa shape index (κ3) is 4.34. The molecule has 2 heterocycles. The van der Waals surface area contributed by atoms with E-state index >= 15 is 0 Å². The van der Waals surface area contributed by atoms with Crippen LogP contribution in [0.15, 0.2) is 76.7 Å². The molecule has 0 fully saturated rings. The van der Waals surface area contributed by atoms with Crippen molar-refractivity contribution < 1.29 is 18.7 Å². The Kier molecular flexibility index (Phi) is 5.93. The summed E-state index contributed by atoms with van der Waals surface area (Å²) in [4.78, 5) is 30.8. The summed E-state index contributed by atoms with van der Waals surface area (Å²) in [5.74, 6) is 0.713. The number of carbonyl (C=O) groups is 1. The highest BCUT2D eigenvalue weighted by atomic mass is 32.2. The van der Waals surface area contributed by atoms with Crippen molar-refractivity contribution in [1.82, 2.24) is 14.9 Å². The van der Waals surface area contributed by atoms with Crippen molar-refractivity contribution in [3.63, 3.8) is 0 Å². The van der Waals surface area contributed by atoms with Crippen molar-refractivity contribution in [3.8, 4) is 17.2 Å². The second-order valence-corrected chi connectivity index (χ2v) is 9.00. The number of para-hydroxylation sites is 1. The summed E-state index contributed by atoms with van der Waals surface area (Å²) in [6, 6.07) is 18.1. The standard InChI is InChI=1S/C25H20FN3O4S/c1-15(23(30)27-13-16-6-11-21-22(12-16)33-14-32-21)34-25-28-20-5-3-2-4-19(20)24(31)29(25)18-9-7-17(26)8-10-18/h2-12,15H,13-14H2,1H3,(H,27,30)/t15-/m0/s1. The highest BCUT2D eigenvalue weighted by molar-refractivity contribution is 8.00. The van der Waals surface area contributed by atoms with Crippen molar-refractivity contribution in [2.45, 2.75) is 23.9 Å². The normalized spacial score (nSPS) is 13.1. The number of thioether (sulfide) groups is 1. The number of benzene rings is 3. The summed E-state index contributed by atoms with van der Waals surface area (Å²) in [7, 11) is 0. The van der Waals surface area contributed by atoms with Crippen LogP contribution >= 0.6 is 11.8 Å². The minimum Gasteiger partial charge on any atom is -0.454 e. The highest BCUT2D eigenvalue weighted by Gasteiger charge is 2.21. The van der Waals surface area contributed by atoms with Crippen molar-refractivity contribution in [3.05, 3.63) is 88.5 Å². The molecular formula is C25H20FN3O4S. The summed E-state index contributed by atoms with van der Waals surface area (Å²) in [5, 5.41) is 3.15. The van der Waals surface area contributed by atoms with Gasteiger partial charge >= 0.3 is 0 Å². The van der Waals surface area contributed by atoms with E-state index in [0.717, 1.165) is 17.3 Å². The molecule has 0 unspecified atom stereocenters. The van der Waals surface area contributed by atoms with Gasteiger partial charge in [-0.2, -0.15) is 0 Å². The highest BCUT2D eigenvalue weighted by Crippen LogP contribution is 2.32. The monoisotopic (exact) mass is 477 g/mol. The molecule has 9 heteroatoms. The Balaban J connectivity index is 1.39. The van der Waals surface area contributed by atoms with Gasteiger partial charge in [-0.05, 0) is 61.0 Å². The lowest BCUT2D eigenvalue weighted by Crippen LogP contribution is -2.31. The lowest BCUT2D eigenvalue weighted by atomic mass is 10.2. The van der Waals surface area contributed by atoms with E-state index in [1.807, 2.05) is 18.2 Å². The summed E-state index contributed by atoms with van der Waals surface area (Å²) < 4.78 is 25.6. The number of aromatic nitrogens is 2. The van der Waals surface area contributed by atoms with Crippen LogP contribution < -0.4 is 20.3 Å². The van der Waals surface area contributed by atoms with Crippen LogP contribution in [-0.2, 0) is 11.3 Å². The van der Waals surface area contributed by atoms with Crippen LogP contribution in [0.4, 0.5) is 4.39 Å². The minimum absolute atomic E-state index is 0.188. The van der Waals surface area contributed by atoms with Gasteiger partial charge in [-0.3, -0.25) is 14.2 Å². The first-order valence-corrected chi connectivity index (χ1v) is 11.5. The second kappa shape index (κ2) is 9.18. The van der Waals surface area contributed by atoms with Crippen LogP contribution in [0.25, 0.3) is 16.6 Å². The number of halogens is 1. The van der Waals surface area contributed by atoms with Crippen LogP contribution in [0.2, 0.25) is 0 Å². The fraction of sp³-hybridized carbons (Fsp3) is 0.160. The smallest absolute Gasteiger partial charge is 0.266 e. The SMILES string of the molecule is C[C@H](Sc1nc2ccccc2c(=O)n1-c1ccc(F)cc1)C(=O)NCc1ccc2c(c1)OCO2. The van der Waals surface area contributed by atoms with E-state index in [1.165, 1.54) is 28.8 Å². The van der Waals surface area contributed by atoms with Gasteiger partial charge in [0.25, 0.3) is 5.56 Å². The molecule has 0 saturated heterocycles. The number of nitrogens with one attached hydrogen (secondary N) is 1. The van der Waals surface area contributed by atoms with Gasteiger partial charge in [-0.25, -0.2) is 9.37 Å². The molecule has 0 aliphatic carbocycles. The first kappa shape index (κ1) is 22.0. The van der Waals surface area contributed by atoms with E-state index in [0.29, 0.717) is 39.8 Å². The maximum atomic E-state index is 13.5. The predicted octanol–water partition coefficient (Wildman–Crippen LogP) is 4.05. The zero-order valence-corrected chi connectivity index (χ0v) is 19.0. The number of nitrogens with zero attached hydrogens (tertiary/aromatic N) is 2. The van der Waals surface area contributed by atoms with E-state index in [9.17, 15) is 14.0 Å². The molecule has 1 atom stereocenters. The van der Waals surface area contributed by atoms with Crippen LogP contribution in [0.3, 0.4) is 0 Å². The molecule has 5 rings (SSSR count). The van der Waals surface area contributed by atoms with E-state index in [1.54, 1.807) is 31.2 Å². The number of carbonyl (C=O) groups excluding carboxylic acids is 1. The lowest BCUT2D eigenvalue weighted by molar-refractivity contribution is -0.120. The van der Waals surface area contributed by atoms with Gasteiger partial charge in [-0.15, -0.1) is 0 Å². The third-order valence-electron chi connectivity index (χ3n) is 5.38. The molecule has 0 spiro atoms. The summed E-state index contributed by atoms with van der Waals surface area (Å²) in [6.45, 7) is 2.25. The molecule has 0 radical (unpaired) electrons. The Labute approximate surface area is 198 Å². The van der Waals surface area contributed by atoms with Crippen molar-refractivity contribution >= 4 is 28.6 Å². The number of fused-ring (bicyclic) bond motifs is 2. The van der Waals surface area contributed by atoms with Gasteiger partial charge in [0, 0.05) is 6.54 Å². The molecule has 4 aromatic rings. The molecule has 0 bridgehead atoms. The Morgan fingerprint density at radius 3 is 2.71 bits per heavy atom. The lowest BCUT2D eigenvalue weighted by Gasteiger charge is -2.16. The van der Waals surface area contributed by atoms with Crippen molar-refractivity contribution in [2.24, 2.45) is 0 Å². The van der Waals surface area contributed by atoms with Crippen molar-refractivity contribution in [2.75, 3.05) is 6.79 Å². The molecular weight excluding hydrogens is 457 g/mol. The van der Waals surface area contributed by atoms with Crippen LogP contribution in [0.5, 0.6) is 11.5 Å². The quantitative estimate of drug-likeness (QED) is 0.333. The Hall–Kier alpha value is -3.85. The Bertz CT molecular complexity index is 1440. The first-order valence-electron chi connectivity index (χ1n) is 10.6. The van der Waals surface area contributed by atoms with Crippen LogP contribution in [-0.4, -0.2) is 27.5 Å². The summed E-state index contributed by atoms with van der Waals surface area (Å²) >= 11 is 1.16. The van der Waals surface area contributed by atoms with Crippen LogP contribution in [0, 0.1) is 5.82 Å². The maximum absolute atomic E-state index is 13.5. The largest absolute Gasteiger partial charge is 0.454 e. The average Bonchev–Trinajstić information content (AvgIpc) is 3.31. The van der Waals surface area contributed by atoms with E-state index < -0.39 is 11.1 Å². The molecule has 3 aromatic carbocycles. The van der Waals surface area contributed by atoms with Gasteiger partial charge in [-0.1, -0.05) is 30.0 Å². The average molecular weight is 478 g/mol. The number of rotatable bonds is 6. The predicted molar refractivity (Wildman–Crippen MR) is 127 cm³/mol. The van der Waals surface area contributed by atoms with E-state index in [4.69, 9.17) is 9.47 Å². The fourth-order valence-electron chi connectivity index (χ4n) is 3.60. The molecule has 1 amide bonds. The van der Waals surface area contributed by atoms with Gasteiger partial charge in [0.1, 0.15) is 5.82 Å². The molecule has 7 nitrogen and oxygen atoms in total. The van der Waals surface area contributed by atoms with E-state index in [-0.39, 0.29) is 18.3 Å². The molecule has 1 aliphatic heterocycles. The minimum atomic E-state index is -0.547. The summed E-state index contributed by atoms with van der Waals surface area (Å²) in [5.41, 5.74) is 1.59. The number of hydrogen-bond acceptors (Lipinski definition) is 6.